The molecule has 0 N–H and O–H groups in total. The number of carbonyl (C=O) groups is 1. The van der Waals surface area contributed by atoms with Crippen LogP contribution in [0.3, 0.4) is 0 Å². The number of carbonyl (C=O) groups excluding carboxylic acids is 1. The Bertz CT molecular complexity index is 609. The summed E-state index contributed by atoms with van der Waals surface area (Å²) in [5.74, 6) is 0.536. The summed E-state index contributed by atoms with van der Waals surface area (Å²) in [6, 6.07) is 11.9. The van der Waals surface area contributed by atoms with Gasteiger partial charge in [-0.15, -0.1) is 0 Å². The van der Waals surface area contributed by atoms with Gasteiger partial charge in [-0.25, -0.2) is 0 Å². The summed E-state index contributed by atoms with van der Waals surface area (Å²) in [7, 11) is 0. The second-order valence-corrected chi connectivity index (χ2v) is 5.47. The number of Topliss-reactive ketones (excluding diaryl/α,β-unsaturated/α-hetero) is 1. The molecule has 2 aromatic carbocycles. The van der Waals surface area contributed by atoms with Gasteiger partial charge in [0.15, 0.2) is 5.78 Å². The Kier molecular flexibility index (Phi) is 5.30. The number of hydrogen-bond donors (Lipinski definition) is 0. The highest BCUT2D eigenvalue weighted by Crippen LogP contribution is 2.21. The molecule has 0 heterocycles. The number of ether oxygens (including phenoxy) is 1. The number of rotatable bonds is 5. The highest BCUT2D eigenvalue weighted by atomic mass is 35.5. The largest absolute Gasteiger partial charge is 0.486 e. The average molecular weight is 330 g/mol. The zero-order valence-electron chi connectivity index (χ0n) is 10.4. The first kappa shape index (κ1) is 15.2. The molecule has 2 rings (SSSR count). The molecule has 0 saturated heterocycles. The van der Waals surface area contributed by atoms with Gasteiger partial charge >= 0.3 is 0 Å². The minimum absolute atomic E-state index is 0.0133. The van der Waals surface area contributed by atoms with E-state index in [0.29, 0.717) is 20.8 Å². The Morgan fingerprint density at radius 3 is 2.25 bits per heavy atom. The maximum Gasteiger partial charge on any atom is 0.174 e. The van der Waals surface area contributed by atoms with Crippen LogP contribution in [-0.2, 0) is 11.2 Å². The van der Waals surface area contributed by atoms with E-state index in [4.69, 9.17) is 39.5 Å². The first-order valence-electron chi connectivity index (χ1n) is 5.88. The highest BCUT2D eigenvalue weighted by Gasteiger charge is 2.08. The van der Waals surface area contributed by atoms with Crippen molar-refractivity contribution in [2.45, 2.75) is 6.42 Å². The van der Waals surface area contributed by atoms with Gasteiger partial charge in [-0.3, -0.25) is 4.79 Å². The van der Waals surface area contributed by atoms with Crippen LogP contribution in [0.4, 0.5) is 0 Å². The maximum atomic E-state index is 11.8. The zero-order chi connectivity index (χ0) is 14.5. The zero-order valence-corrected chi connectivity index (χ0v) is 12.7. The molecule has 0 aliphatic heterocycles. The fourth-order valence-corrected chi connectivity index (χ4v) is 2.22. The van der Waals surface area contributed by atoms with Gasteiger partial charge in [-0.05, 0) is 42.0 Å². The van der Waals surface area contributed by atoms with Gasteiger partial charge in [-0.1, -0.05) is 40.9 Å². The molecule has 0 aromatic heterocycles. The van der Waals surface area contributed by atoms with Gasteiger partial charge in [0, 0.05) is 21.5 Å². The minimum atomic E-state index is -0.0656. The molecule has 0 aliphatic rings. The summed E-state index contributed by atoms with van der Waals surface area (Å²) in [6.45, 7) is -0.0133. The van der Waals surface area contributed by atoms with Gasteiger partial charge in [-0.2, -0.15) is 0 Å². The molecule has 0 fully saturated rings. The topological polar surface area (TPSA) is 26.3 Å². The monoisotopic (exact) mass is 328 g/mol. The predicted octanol–water partition coefficient (Wildman–Crippen LogP) is 4.84. The van der Waals surface area contributed by atoms with E-state index in [-0.39, 0.29) is 18.8 Å². The third-order valence-electron chi connectivity index (χ3n) is 2.62. The third kappa shape index (κ3) is 4.41. The second kappa shape index (κ2) is 6.98. The van der Waals surface area contributed by atoms with Crippen molar-refractivity contribution in [2.75, 3.05) is 6.61 Å². The molecule has 104 valence electrons. The molecule has 0 saturated carbocycles. The summed E-state index contributed by atoms with van der Waals surface area (Å²) < 4.78 is 5.38. The van der Waals surface area contributed by atoms with Crippen LogP contribution in [0.25, 0.3) is 0 Å². The van der Waals surface area contributed by atoms with E-state index < -0.39 is 0 Å². The van der Waals surface area contributed by atoms with Gasteiger partial charge in [0.2, 0.25) is 0 Å². The molecular formula is C15H11Cl3O2. The van der Waals surface area contributed by atoms with Crippen LogP contribution in [-0.4, -0.2) is 12.4 Å². The lowest BCUT2D eigenvalue weighted by Gasteiger charge is -2.07. The first-order chi connectivity index (χ1) is 9.54. The smallest absolute Gasteiger partial charge is 0.174 e. The highest BCUT2D eigenvalue weighted by molar-refractivity contribution is 6.35. The normalized spacial score (nSPS) is 10.3. The lowest BCUT2D eigenvalue weighted by atomic mass is 10.1. The average Bonchev–Trinajstić information content (AvgIpc) is 2.41. The Balaban J connectivity index is 1.90. The van der Waals surface area contributed by atoms with Crippen molar-refractivity contribution < 1.29 is 9.53 Å². The van der Waals surface area contributed by atoms with E-state index in [1.165, 1.54) is 0 Å². The lowest BCUT2D eigenvalue weighted by molar-refractivity contribution is -0.120. The maximum absolute atomic E-state index is 11.8. The molecule has 2 nitrogen and oxygen atoms in total. The summed E-state index contributed by atoms with van der Waals surface area (Å²) in [5, 5.41) is 1.65. The van der Waals surface area contributed by atoms with Crippen LogP contribution in [0, 0.1) is 0 Å². The molecule has 0 unspecified atom stereocenters. The van der Waals surface area contributed by atoms with Crippen LogP contribution >= 0.6 is 34.8 Å². The molecule has 0 bridgehead atoms. The standard InChI is InChI=1S/C15H11Cl3O2/c16-11-3-5-14(6-4-11)20-9-13(19)7-10-1-2-12(17)8-15(10)18/h1-6,8H,7,9H2. The van der Waals surface area contributed by atoms with Crippen molar-refractivity contribution in [3.05, 3.63) is 63.1 Å². The number of ketones is 1. The van der Waals surface area contributed by atoms with Crippen LogP contribution in [0.5, 0.6) is 5.75 Å². The van der Waals surface area contributed by atoms with Crippen molar-refractivity contribution in [1.29, 1.82) is 0 Å². The molecule has 0 aliphatic carbocycles. The Morgan fingerprint density at radius 1 is 0.950 bits per heavy atom. The second-order valence-electron chi connectivity index (χ2n) is 4.19. The van der Waals surface area contributed by atoms with Crippen molar-refractivity contribution in [3.63, 3.8) is 0 Å². The van der Waals surface area contributed by atoms with E-state index >= 15 is 0 Å². The SMILES string of the molecule is O=C(COc1ccc(Cl)cc1)Cc1ccc(Cl)cc1Cl. The van der Waals surface area contributed by atoms with Crippen molar-refractivity contribution in [2.24, 2.45) is 0 Å². The summed E-state index contributed by atoms with van der Waals surface area (Å²) >= 11 is 17.6. The molecule has 0 amide bonds. The number of benzene rings is 2. The van der Waals surface area contributed by atoms with Crippen LogP contribution in [0.1, 0.15) is 5.56 Å². The van der Waals surface area contributed by atoms with E-state index in [2.05, 4.69) is 0 Å². The molecule has 0 atom stereocenters. The minimum Gasteiger partial charge on any atom is -0.486 e. The Morgan fingerprint density at radius 2 is 1.60 bits per heavy atom. The fourth-order valence-electron chi connectivity index (χ4n) is 1.62. The summed E-state index contributed by atoms with van der Waals surface area (Å²) in [4.78, 5) is 11.8. The van der Waals surface area contributed by atoms with Crippen molar-refractivity contribution in [3.8, 4) is 5.75 Å². The summed E-state index contributed by atoms with van der Waals surface area (Å²) in [6.07, 6.45) is 0.212. The van der Waals surface area contributed by atoms with Gasteiger partial charge < -0.3 is 4.74 Å². The quantitative estimate of drug-likeness (QED) is 0.785. The fraction of sp³-hybridized carbons (Fsp3) is 0.133. The van der Waals surface area contributed by atoms with Crippen molar-refractivity contribution >= 4 is 40.6 Å². The van der Waals surface area contributed by atoms with E-state index in [1.807, 2.05) is 0 Å². The van der Waals surface area contributed by atoms with Gasteiger partial charge in [0.25, 0.3) is 0 Å². The molecular weight excluding hydrogens is 319 g/mol. The van der Waals surface area contributed by atoms with E-state index in [1.54, 1.807) is 42.5 Å². The molecule has 20 heavy (non-hydrogen) atoms. The Labute approximate surface area is 132 Å². The predicted molar refractivity (Wildman–Crippen MR) is 82.1 cm³/mol. The van der Waals surface area contributed by atoms with Gasteiger partial charge in [0.05, 0.1) is 0 Å². The first-order valence-corrected chi connectivity index (χ1v) is 7.02. The van der Waals surface area contributed by atoms with E-state index in [9.17, 15) is 4.79 Å². The van der Waals surface area contributed by atoms with Crippen LogP contribution in [0.2, 0.25) is 15.1 Å². The molecule has 0 radical (unpaired) electrons. The number of hydrogen-bond acceptors (Lipinski definition) is 2. The summed E-state index contributed by atoms with van der Waals surface area (Å²) in [5.41, 5.74) is 0.737. The van der Waals surface area contributed by atoms with Crippen molar-refractivity contribution in [1.82, 2.24) is 0 Å². The van der Waals surface area contributed by atoms with Crippen LogP contribution < -0.4 is 4.74 Å². The van der Waals surface area contributed by atoms with Gasteiger partial charge in [0.1, 0.15) is 12.4 Å². The van der Waals surface area contributed by atoms with Crippen LogP contribution in [0.15, 0.2) is 42.5 Å². The molecule has 2 aromatic rings. The molecule has 0 spiro atoms. The molecule has 5 heteroatoms. The number of halogens is 3. The van der Waals surface area contributed by atoms with E-state index in [0.717, 1.165) is 5.56 Å². The third-order valence-corrected chi connectivity index (χ3v) is 3.46. The lowest BCUT2D eigenvalue weighted by Crippen LogP contribution is -2.14. The Hall–Kier alpha value is -1.22.